The molecular formula is C9H10N4O2. The Morgan fingerprint density at radius 2 is 2.07 bits per heavy atom. The molecular weight excluding hydrogens is 196 g/mol. The highest BCUT2D eigenvalue weighted by Crippen LogP contribution is 2.15. The van der Waals surface area contributed by atoms with Gasteiger partial charge in [-0.15, -0.1) is 5.01 Å². The molecule has 0 saturated carbocycles. The molecule has 6 nitrogen and oxygen atoms in total. The van der Waals surface area contributed by atoms with Crippen LogP contribution in [0.25, 0.3) is 5.73 Å². The first-order valence-corrected chi connectivity index (χ1v) is 4.30. The summed E-state index contributed by atoms with van der Waals surface area (Å²) in [6.07, 6.45) is 1.44. The molecule has 1 aromatic heterocycles. The van der Waals surface area contributed by atoms with Gasteiger partial charge in [0.2, 0.25) is 5.27 Å². The maximum absolute atomic E-state index is 9.12. The summed E-state index contributed by atoms with van der Waals surface area (Å²) in [4.78, 5) is 1.40. The van der Waals surface area contributed by atoms with Crippen molar-refractivity contribution < 1.29 is 14.4 Å². The summed E-state index contributed by atoms with van der Waals surface area (Å²) in [5.41, 5.74) is 8.01. The Kier molecular flexibility index (Phi) is 2.17. The molecule has 0 radical (unpaired) electrons. The van der Waals surface area contributed by atoms with Gasteiger partial charge in [0, 0.05) is 0 Å². The van der Waals surface area contributed by atoms with Gasteiger partial charge in [0.1, 0.15) is 17.3 Å². The molecule has 0 fully saturated rings. The van der Waals surface area contributed by atoms with Crippen molar-refractivity contribution in [2.75, 3.05) is 12.1 Å². The fourth-order valence-electron chi connectivity index (χ4n) is 1.17. The summed E-state index contributed by atoms with van der Waals surface area (Å²) >= 11 is 0. The normalized spacial score (nSPS) is 10.2. The summed E-state index contributed by atoms with van der Waals surface area (Å²) in [7, 11) is 1.77. The van der Waals surface area contributed by atoms with Crippen LogP contribution in [0.3, 0.4) is 0 Å². The van der Waals surface area contributed by atoms with Gasteiger partial charge in [-0.3, -0.25) is 0 Å². The molecule has 1 aromatic carbocycles. The number of benzene rings is 1. The van der Waals surface area contributed by atoms with Crippen molar-refractivity contribution in [2.24, 2.45) is 0 Å². The molecule has 6 heteroatoms. The van der Waals surface area contributed by atoms with E-state index in [-0.39, 0.29) is 11.6 Å². The van der Waals surface area contributed by atoms with Crippen molar-refractivity contribution in [3.63, 3.8) is 0 Å². The average Bonchev–Trinajstić information content (AvgIpc) is 2.65. The number of hydrogen-bond acceptors (Lipinski definition) is 4. The second kappa shape index (κ2) is 3.49. The van der Waals surface area contributed by atoms with Gasteiger partial charge in [0.05, 0.1) is 11.8 Å². The third kappa shape index (κ3) is 1.83. The third-order valence-corrected chi connectivity index (χ3v) is 1.99. The summed E-state index contributed by atoms with van der Waals surface area (Å²) in [5.74, 6) is 0.194. The van der Waals surface area contributed by atoms with Crippen LogP contribution in [0.2, 0.25) is 0 Å². The molecule has 0 aliphatic carbocycles. The highest BCUT2D eigenvalue weighted by molar-refractivity contribution is 5.45. The zero-order valence-corrected chi connectivity index (χ0v) is 8.08. The van der Waals surface area contributed by atoms with Crippen LogP contribution in [-0.2, 0) is 0 Å². The minimum atomic E-state index is -0.0133. The maximum Gasteiger partial charge on any atom is 0.257 e. The van der Waals surface area contributed by atoms with Crippen molar-refractivity contribution in [1.29, 1.82) is 0 Å². The first kappa shape index (κ1) is 9.32. The lowest BCUT2D eigenvalue weighted by Crippen LogP contribution is -2.53. The highest BCUT2D eigenvalue weighted by Gasteiger charge is 2.14. The van der Waals surface area contributed by atoms with Crippen LogP contribution in [0.1, 0.15) is 0 Å². The first-order valence-electron chi connectivity index (χ1n) is 4.30. The van der Waals surface area contributed by atoms with Gasteiger partial charge < -0.3 is 15.4 Å². The van der Waals surface area contributed by atoms with Crippen LogP contribution in [-0.4, -0.2) is 17.4 Å². The van der Waals surface area contributed by atoms with Crippen LogP contribution in [0, 0.1) is 0 Å². The third-order valence-electron chi connectivity index (χ3n) is 1.99. The van der Waals surface area contributed by atoms with Gasteiger partial charge in [-0.25, -0.2) is 0 Å². The number of nitrogens with one attached hydrogen (secondary N) is 1. The molecule has 0 spiro atoms. The van der Waals surface area contributed by atoms with Crippen molar-refractivity contribution >= 4 is 11.6 Å². The number of phenolic OH excluding ortho intramolecular Hbond substituents is 1. The summed E-state index contributed by atoms with van der Waals surface area (Å²) < 4.78 is 4.62. The van der Waals surface area contributed by atoms with E-state index < -0.39 is 0 Å². The topological polar surface area (TPSA) is 77.2 Å². The summed E-state index contributed by atoms with van der Waals surface area (Å²) in [6.45, 7) is 0. The van der Waals surface area contributed by atoms with E-state index in [1.54, 1.807) is 36.3 Å². The van der Waals surface area contributed by atoms with E-state index in [9.17, 15) is 0 Å². The molecule has 0 amide bonds. The number of hydrogen-bond donors (Lipinski definition) is 1. The number of phenols is 1. The van der Waals surface area contributed by atoms with E-state index in [0.29, 0.717) is 0 Å². The minimum absolute atomic E-state index is 0.0133. The Balaban J connectivity index is 2.28. The lowest BCUT2D eigenvalue weighted by atomic mass is 10.3. The lowest BCUT2D eigenvalue weighted by molar-refractivity contribution is -0.747. The largest absolute Gasteiger partial charge is 0.660 e. The number of anilines is 1. The molecule has 0 unspecified atom stereocenters. The summed E-state index contributed by atoms with van der Waals surface area (Å²) in [5, 5.41) is 14.4. The molecule has 2 N–H and O–H groups in total. The molecule has 0 bridgehead atoms. The van der Waals surface area contributed by atoms with E-state index in [0.717, 1.165) is 5.69 Å². The van der Waals surface area contributed by atoms with Crippen LogP contribution in [0.15, 0.2) is 35.0 Å². The molecule has 0 aliphatic heterocycles. The zero-order chi connectivity index (χ0) is 10.8. The van der Waals surface area contributed by atoms with Gasteiger partial charge in [-0.2, -0.15) is 0 Å². The highest BCUT2D eigenvalue weighted by atomic mass is 16.5. The number of aromatic nitrogens is 2. The zero-order valence-electron chi connectivity index (χ0n) is 8.08. The second-order valence-corrected chi connectivity index (χ2v) is 3.03. The number of rotatable bonds is 2. The minimum Gasteiger partial charge on any atom is -0.660 e. The maximum atomic E-state index is 9.12. The SMILES string of the molecule is CN(c1ccc(O)cc1)[n+]1cc([NH-])on1. The molecule has 0 aliphatic rings. The molecule has 1 heterocycles. The van der Waals surface area contributed by atoms with Crippen LogP contribution in [0.4, 0.5) is 11.6 Å². The molecule has 78 valence electrons. The van der Waals surface area contributed by atoms with E-state index >= 15 is 0 Å². The first-order chi connectivity index (χ1) is 7.16. The predicted molar refractivity (Wildman–Crippen MR) is 52.6 cm³/mol. The lowest BCUT2D eigenvalue weighted by Gasteiger charge is -2.06. The molecule has 0 atom stereocenters. The average molecular weight is 206 g/mol. The Bertz CT molecular complexity index is 451. The fourth-order valence-corrected chi connectivity index (χ4v) is 1.17. The van der Waals surface area contributed by atoms with Crippen molar-refractivity contribution in [3.8, 4) is 5.75 Å². The second-order valence-electron chi connectivity index (χ2n) is 3.03. The fraction of sp³-hybridized carbons (Fsp3) is 0.111. The number of aromatic hydroxyl groups is 1. The molecule has 2 rings (SSSR count). The molecule has 2 aromatic rings. The van der Waals surface area contributed by atoms with E-state index in [2.05, 4.69) is 9.79 Å². The van der Waals surface area contributed by atoms with Gasteiger partial charge in [-0.05, 0) is 24.3 Å². The van der Waals surface area contributed by atoms with Gasteiger partial charge in [-0.1, -0.05) is 0 Å². The standard InChI is InChI=1S/C9H10N4O2/c1-12(13-6-9(10)15-11-13)7-2-4-8(14)5-3-7/h2-6H,1H3,(H2-,10,11,14). The Morgan fingerprint density at radius 3 is 2.60 bits per heavy atom. The Hall–Kier alpha value is -2.24. The monoisotopic (exact) mass is 206 g/mol. The molecule has 15 heavy (non-hydrogen) atoms. The van der Waals surface area contributed by atoms with Crippen LogP contribution >= 0.6 is 0 Å². The van der Waals surface area contributed by atoms with Gasteiger partial charge >= 0.3 is 0 Å². The molecule has 0 saturated heterocycles. The van der Waals surface area contributed by atoms with E-state index in [1.807, 2.05) is 0 Å². The van der Waals surface area contributed by atoms with Gasteiger partial charge in [0.15, 0.2) is 0 Å². The Morgan fingerprint density at radius 1 is 1.40 bits per heavy atom. The van der Waals surface area contributed by atoms with Crippen molar-refractivity contribution in [3.05, 3.63) is 36.2 Å². The van der Waals surface area contributed by atoms with Crippen LogP contribution in [0.5, 0.6) is 5.75 Å². The van der Waals surface area contributed by atoms with E-state index in [1.165, 1.54) is 11.0 Å². The van der Waals surface area contributed by atoms with E-state index in [4.69, 9.17) is 10.8 Å². The van der Waals surface area contributed by atoms with Gasteiger partial charge in [0.25, 0.3) is 6.20 Å². The Labute approximate surface area is 86.1 Å². The number of nitrogens with zero attached hydrogens (tertiary/aromatic N) is 3. The quantitative estimate of drug-likeness (QED) is 0.750. The van der Waals surface area contributed by atoms with Crippen molar-refractivity contribution in [2.45, 2.75) is 0 Å². The van der Waals surface area contributed by atoms with Crippen molar-refractivity contribution in [1.82, 2.24) is 5.27 Å². The van der Waals surface area contributed by atoms with Crippen LogP contribution < -0.4 is 9.80 Å². The summed E-state index contributed by atoms with van der Waals surface area (Å²) in [6, 6.07) is 6.63. The smallest absolute Gasteiger partial charge is 0.257 e. The predicted octanol–water partition coefficient (Wildman–Crippen LogP) is 1.25.